The first-order valence-electron chi connectivity index (χ1n) is 41.6. The molecule has 38 nitrogen and oxygen atoms in total. The predicted octanol–water partition coefficient (Wildman–Crippen LogP) is 15.6. The number of para-hydroxylation sites is 2. The summed E-state index contributed by atoms with van der Waals surface area (Å²) in [6.45, 7) is 12.5. The second-order valence-corrected chi connectivity index (χ2v) is 36.9. The van der Waals surface area contributed by atoms with Gasteiger partial charge in [-0.3, -0.25) is 76.4 Å². The van der Waals surface area contributed by atoms with E-state index in [1.54, 1.807) is 125 Å². The smallest absolute Gasteiger partial charge is 0.497 e. The van der Waals surface area contributed by atoms with Gasteiger partial charge in [-0.1, -0.05) is 148 Å². The normalized spacial score (nSPS) is 20.0. The van der Waals surface area contributed by atoms with Gasteiger partial charge in [0.15, 0.2) is 39.3 Å². The number of ether oxygens (including phenoxy) is 6. The lowest BCUT2D eigenvalue weighted by Crippen LogP contribution is -2.38. The Bertz CT molecular complexity index is 6240. The number of nitrogens with zero attached hydrogens (tertiary/aromatic N) is 12. The van der Waals surface area contributed by atoms with Gasteiger partial charge < -0.3 is 51.8 Å². The van der Waals surface area contributed by atoms with Gasteiger partial charge in [0.25, 0.3) is 25.6 Å². The minimum Gasteiger partial charge on any atom is -0.497 e. The van der Waals surface area contributed by atoms with Gasteiger partial charge in [0.1, 0.15) is 84.1 Å². The fourth-order valence-corrected chi connectivity index (χ4v) is 20.1. The van der Waals surface area contributed by atoms with Crippen LogP contribution < -0.4 is 45.6 Å². The maximum atomic E-state index is 16.9. The Kier molecular flexibility index (Phi) is 29.5. The quantitative estimate of drug-likeness (QED) is 0.0136. The maximum absolute atomic E-state index is 16.9. The summed E-state index contributed by atoms with van der Waals surface area (Å²) in [5, 5.41) is 17.8. The fraction of sp³-hybridized carbons (Fsp3) is 0.368. The first-order valence-corrected chi connectivity index (χ1v) is 46.5. The molecule has 0 bridgehead atoms. The number of hydrogen-bond acceptors (Lipinski definition) is 30. The SMILES string of the molecule is COc1ccc(C(OC[C@H]2O[C@@H](n3cnc4c(NC(=O)c5ccccc5)ncnc43)C[C@@H]2OP(=O)(OC[C@H]2O[C@@H](n3cnc4c(=O)[nH]c(NC(=O)C(C)C)nc43)CC2OP(=O)(OC[C@H]2O[C@@H](n3cnc4c(=O)[nH]c(NC(=O)C(C)C)nc43)CC2OP(OCCC#N)N(C(C)C)C(C)C)Oc2ccccc2Cl)Oc2ccccc2Cl)(c2ccccc2)c2ccc(OC)cc2)cc1. The van der Waals surface area contributed by atoms with E-state index in [1.165, 1.54) is 58.7 Å². The van der Waals surface area contributed by atoms with E-state index in [4.69, 9.17) is 92.8 Å². The number of phosphoric ester groups is 2. The molecule has 682 valence electrons. The number of phosphoric acid groups is 2. The third-order valence-corrected chi connectivity index (χ3v) is 27.0. The molecule has 3 aliphatic heterocycles. The number of aromatic amines is 2. The number of H-pyrrole nitrogens is 2. The zero-order valence-electron chi connectivity index (χ0n) is 72.0. The van der Waals surface area contributed by atoms with Crippen LogP contribution in [0.25, 0.3) is 33.5 Å². The van der Waals surface area contributed by atoms with E-state index in [0.717, 1.165) is 0 Å². The molecule has 3 fully saturated rings. The third-order valence-electron chi connectivity index (χ3n) is 21.4. The van der Waals surface area contributed by atoms with Crippen molar-refractivity contribution in [3.63, 3.8) is 0 Å². The van der Waals surface area contributed by atoms with E-state index >= 15 is 9.13 Å². The second-order valence-electron chi connectivity index (χ2n) is 31.5. The number of rotatable bonds is 39. The Morgan fingerprint density at radius 3 is 1.45 bits per heavy atom. The highest BCUT2D eigenvalue weighted by atomic mass is 35.5. The van der Waals surface area contributed by atoms with E-state index in [9.17, 15) is 29.2 Å². The molecule has 12 aromatic rings. The number of amides is 3. The molecule has 0 saturated carbocycles. The molecule has 0 spiro atoms. The number of hydrogen-bond donors (Lipinski definition) is 5. The lowest BCUT2D eigenvalue weighted by Gasteiger charge is -2.37. The third kappa shape index (κ3) is 21.0. The van der Waals surface area contributed by atoms with Gasteiger partial charge in [-0.25, -0.2) is 38.7 Å². The van der Waals surface area contributed by atoms with Gasteiger partial charge in [0, 0.05) is 48.7 Å². The molecule has 15 rings (SSSR count). The van der Waals surface area contributed by atoms with Gasteiger partial charge in [0.05, 0.1) is 88.3 Å². The zero-order chi connectivity index (χ0) is 91.7. The molecule has 6 aromatic carbocycles. The fourth-order valence-electron chi connectivity index (χ4n) is 15.0. The van der Waals surface area contributed by atoms with Crippen molar-refractivity contribution in [1.29, 1.82) is 5.26 Å². The van der Waals surface area contributed by atoms with Crippen molar-refractivity contribution in [3.8, 4) is 29.1 Å². The Hall–Kier alpha value is -11.3. The van der Waals surface area contributed by atoms with Gasteiger partial charge in [-0.05, 0) is 105 Å². The Morgan fingerprint density at radius 2 is 0.985 bits per heavy atom. The first kappa shape index (κ1) is 93.4. The molecular weight excluding hydrogens is 1780 g/mol. The van der Waals surface area contributed by atoms with Crippen LogP contribution in [-0.2, 0) is 70.4 Å². The van der Waals surface area contributed by atoms with Crippen molar-refractivity contribution >= 4 is 116 Å². The Morgan fingerprint density at radius 1 is 0.554 bits per heavy atom. The Labute approximate surface area is 756 Å². The summed E-state index contributed by atoms with van der Waals surface area (Å²) in [5.74, 6) is -2.03. The maximum Gasteiger partial charge on any atom is 0.530 e. The summed E-state index contributed by atoms with van der Waals surface area (Å²) in [5.41, 5.74) is -0.623. The highest BCUT2D eigenvalue weighted by Crippen LogP contribution is 2.59. The number of nitriles is 1. The number of fused-ring (bicyclic) bond motifs is 3. The number of imidazole rings is 3. The van der Waals surface area contributed by atoms with Crippen LogP contribution in [0, 0.1) is 23.2 Å². The summed E-state index contributed by atoms with van der Waals surface area (Å²) < 4.78 is 133. The lowest BCUT2D eigenvalue weighted by atomic mass is 9.80. The van der Waals surface area contributed by atoms with E-state index < -0.39 is 139 Å². The van der Waals surface area contributed by atoms with Gasteiger partial charge in [-0.15, -0.1) is 0 Å². The van der Waals surface area contributed by atoms with Crippen molar-refractivity contribution in [3.05, 3.63) is 236 Å². The summed E-state index contributed by atoms with van der Waals surface area (Å²) in [6, 6.07) is 46.6. The summed E-state index contributed by atoms with van der Waals surface area (Å²) in [7, 11) is -9.63. The number of carbonyl (C=O) groups is 3. The molecule has 6 aromatic heterocycles. The monoisotopic (exact) mass is 1880 g/mol. The van der Waals surface area contributed by atoms with Crippen LogP contribution in [0.2, 0.25) is 10.0 Å². The second kappa shape index (κ2) is 41.0. The largest absolute Gasteiger partial charge is 0.530 e. The summed E-state index contributed by atoms with van der Waals surface area (Å²) >= 11 is 13.9. The van der Waals surface area contributed by atoms with Crippen LogP contribution in [0.5, 0.6) is 23.0 Å². The van der Waals surface area contributed by atoms with E-state index in [1.807, 2.05) is 87.0 Å². The van der Waals surface area contributed by atoms with Crippen LogP contribution in [0.3, 0.4) is 0 Å². The van der Waals surface area contributed by atoms with Crippen LogP contribution in [0.4, 0.5) is 17.7 Å². The van der Waals surface area contributed by atoms with Crippen LogP contribution in [0.1, 0.15) is 127 Å². The molecule has 3 saturated heterocycles. The molecule has 5 N–H and O–H groups in total. The number of halogens is 2. The van der Waals surface area contributed by atoms with Crippen molar-refractivity contribution < 1.29 is 88.1 Å². The van der Waals surface area contributed by atoms with Crippen LogP contribution >= 0.6 is 47.4 Å². The molecular formula is C87H94Cl2N17O21P3. The molecule has 130 heavy (non-hydrogen) atoms. The van der Waals surface area contributed by atoms with Gasteiger partial charge in [0.2, 0.25) is 23.7 Å². The van der Waals surface area contributed by atoms with Crippen LogP contribution in [-0.4, -0.2) is 170 Å². The van der Waals surface area contributed by atoms with Crippen LogP contribution in [0.15, 0.2) is 193 Å². The van der Waals surface area contributed by atoms with Crippen molar-refractivity contribution in [2.75, 3.05) is 56.6 Å². The molecule has 5 unspecified atom stereocenters. The number of anilines is 3. The number of aromatic nitrogens is 12. The average molecular weight is 1880 g/mol. The topological polar surface area (TPSA) is 448 Å². The number of carbonyl (C=O) groups excluding carboxylic acids is 3. The predicted molar refractivity (Wildman–Crippen MR) is 478 cm³/mol. The van der Waals surface area contributed by atoms with Crippen molar-refractivity contribution in [2.45, 2.75) is 154 Å². The summed E-state index contributed by atoms with van der Waals surface area (Å²) in [6.07, 6.45) is -7.07. The molecule has 43 heteroatoms. The zero-order valence-corrected chi connectivity index (χ0v) is 76.2. The molecule has 12 atom stereocenters. The minimum atomic E-state index is -5.35. The highest BCUT2D eigenvalue weighted by molar-refractivity contribution is 7.49. The Balaban J connectivity index is 0.819. The van der Waals surface area contributed by atoms with E-state index in [-0.39, 0.29) is 124 Å². The molecule has 3 amide bonds. The van der Waals surface area contributed by atoms with E-state index in [2.05, 4.69) is 61.9 Å². The van der Waals surface area contributed by atoms with Crippen molar-refractivity contribution in [1.82, 2.24) is 63.2 Å². The number of nitrogens with one attached hydrogen (secondary N) is 5. The number of methoxy groups -OCH3 is 2. The van der Waals surface area contributed by atoms with Gasteiger partial charge >= 0.3 is 15.6 Å². The van der Waals surface area contributed by atoms with Gasteiger partial charge in [-0.2, -0.15) is 15.2 Å². The summed E-state index contributed by atoms with van der Waals surface area (Å²) in [4.78, 5) is 105. The molecule has 9 heterocycles. The number of benzene rings is 6. The molecule has 3 aliphatic rings. The average Bonchev–Trinajstić information content (AvgIpc) is 1.13. The first-order chi connectivity index (χ1) is 62.6. The minimum absolute atomic E-state index is 0.00384. The molecule has 0 aliphatic carbocycles. The lowest BCUT2D eigenvalue weighted by molar-refractivity contribution is -0.119. The standard InChI is InChI=1S/C87H94Cl2N17O21P3/c1-50(2)80(107)99-85-97-78-74(83(110)101-85)94-48-104(78)70-40-64(123-128(117-39-21-38-90)106(52(5)6)53(7)8)68(121-70)44-118-129(112,124-62-28-19-17-26-60(62)88)127-66-42-72(105-49-95-75-79(105)98-86(102-84(75)111)100-81(108)51(3)4)122-69(66)45-119-130(113,125-63-29-20-18-27-61(63)89)126-65-41-71(103-47-93-73-76(91-46-92-77(73)103)96-82(109)54-22-13-11-14-23-54)120-67(65)43-116-87(55-24-15-12-16-25-55,56-30-34-58(114-9)35-31-56)57-32-36-59(115-10)37-33-57/h11-20,22-37,46-53,64-72H,21,39-45H2,1-10H3,(H,91,92,96,109)(H2,97,99,101,107,110)(H2,98,100,102,108,111)/t64?,65-,66?,67+,68+,69+,70+,71+,72+,128?,129?,130?/m0/s1. The molecule has 0 radical (unpaired) electrons. The highest BCUT2D eigenvalue weighted by Gasteiger charge is 2.52. The van der Waals surface area contributed by atoms with Crippen molar-refractivity contribution in [2.24, 2.45) is 11.8 Å². The van der Waals surface area contributed by atoms with E-state index in [0.29, 0.717) is 33.8 Å².